The fourth-order valence-electron chi connectivity index (χ4n) is 4.74. The van der Waals surface area contributed by atoms with E-state index in [2.05, 4.69) is 141 Å². The molecule has 1 heterocycles. The number of rotatable bonds is 3. The van der Waals surface area contributed by atoms with Gasteiger partial charge in [0.1, 0.15) is 0 Å². The van der Waals surface area contributed by atoms with Crippen LogP contribution in [0.1, 0.15) is 81.3 Å². The van der Waals surface area contributed by atoms with Gasteiger partial charge in [-0.3, -0.25) is 0 Å². The first kappa shape index (κ1) is 30.5. The van der Waals surface area contributed by atoms with E-state index in [-0.39, 0.29) is 10.8 Å². The first-order valence-electron chi connectivity index (χ1n) is 14.1. The van der Waals surface area contributed by atoms with Crippen LogP contribution in [0.15, 0.2) is 89.6 Å². The van der Waals surface area contributed by atoms with Crippen LogP contribution in [0.2, 0.25) is 0 Å². The van der Waals surface area contributed by atoms with Gasteiger partial charge in [-0.25, -0.2) is 0 Å². The predicted molar refractivity (Wildman–Crippen MR) is 172 cm³/mol. The maximum absolute atomic E-state index is 3.53. The molecule has 0 fully saturated rings. The fraction of sp³-hybridized carbons (Fsp3) is 0.289. The van der Waals surface area contributed by atoms with Gasteiger partial charge in [-0.05, 0) is 22.8 Å². The van der Waals surface area contributed by atoms with Crippen molar-refractivity contribution in [1.82, 2.24) is 0 Å². The molecular formula is C38H40SZr. The van der Waals surface area contributed by atoms with Crippen molar-refractivity contribution in [2.45, 2.75) is 71.6 Å². The summed E-state index contributed by atoms with van der Waals surface area (Å²) in [6.45, 7) is 13.6. The molecule has 4 aromatic rings. The minimum absolute atomic E-state index is 0.177. The van der Waals surface area contributed by atoms with Crippen LogP contribution < -0.4 is 0 Å². The zero-order chi connectivity index (χ0) is 28.8. The Balaban J connectivity index is 0.000000161. The summed E-state index contributed by atoms with van der Waals surface area (Å²) in [5.41, 5.74) is 12.7. The number of thiophene rings is 1. The molecule has 0 bridgehead atoms. The molecule has 2 aliphatic rings. The van der Waals surface area contributed by atoms with E-state index in [9.17, 15) is 0 Å². The Morgan fingerprint density at radius 2 is 1.60 bits per heavy atom. The average molecular weight is 620 g/mol. The second-order valence-electron chi connectivity index (χ2n) is 12.4. The fourth-order valence-corrected chi connectivity index (χ4v) is 5.97. The van der Waals surface area contributed by atoms with Gasteiger partial charge in [0, 0.05) is 0 Å². The van der Waals surface area contributed by atoms with Crippen LogP contribution in [0.5, 0.6) is 0 Å². The van der Waals surface area contributed by atoms with E-state index >= 15 is 0 Å². The van der Waals surface area contributed by atoms with Crippen molar-refractivity contribution in [3.63, 3.8) is 0 Å². The molecular weight excluding hydrogens is 580 g/mol. The third-order valence-corrected chi connectivity index (χ3v) is 8.42. The first-order chi connectivity index (χ1) is 19.1. The molecule has 0 saturated carbocycles. The molecule has 202 valence electrons. The van der Waals surface area contributed by atoms with E-state index < -0.39 is 0 Å². The van der Waals surface area contributed by atoms with Gasteiger partial charge in [0.2, 0.25) is 0 Å². The molecule has 6 rings (SSSR count). The average Bonchev–Trinajstić information content (AvgIpc) is 3.70. The Kier molecular flexibility index (Phi) is 10.3. The third-order valence-electron chi connectivity index (χ3n) is 7.23. The summed E-state index contributed by atoms with van der Waals surface area (Å²) in [6, 6.07) is 27.7. The Morgan fingerprint density at radius 3 is 2.20 bits per heavy atom. The number of hydrogen-bond donors (Lipinski definition) is 0. The van der Waals surface area contributed by atoms with Crippen LogP contribution in [0.3, 0.4) is 0 Å². The molecule has 0 radical (unpaired) electrons. The summed E-state index contributed by atoms with van der Waals surface area (Å²) in [7, 11) is 0. The predicted octanol–water partition coefficient (Wildman–Crippen LogP) is 10.1. The van der Waals surface area contributed by atoms with Crippen LogP contribution in [0.25, 0.3) is 16.7 Å². The minimum atomic E-state index is 0.177. The molecule has 40 heavy (non-hydrogen) atoms. The summed E-state index contributed by atoms with van der Waals surface area (Å²) >= 11 is 3.24. The molecule has 0 atom stereocenters. The van der Waals surface area contributed by atoms with Gasteiger partial charge in [-0.1, -0.05) is 94.2 Å². The first-order valence-corrected chi connectivity index (χ1v) is 16.4. The number of allylic oxidation sites excluding steroid dienone is 4. The molecule has 0 saturated heterocycles. The van der Waals surface area contributed by atoms with E-state index in [1.54, 1.807) is 11.3 Å². The number of hydrogen-bond acceptors (Lipinski definition) is 1. The quantitative estimate of drug-likeness (QED) is 0.176. The molecule has 2 aliphatic carbocycles. The van der Waals surface area contributed by atoms with E-state index in [4.69, 9.17) is 0 Å². The van der Waals surface area contributed by atoms with E-state index in [1.807, 2.05) is 6.07 Å². The zero-order valence-corrected chi connectivity index (χ0v) is 28.0. The van der Waals surface area contributed by atoms with Crippen LogP contribution in [0.4, 0.5) is 0 Å². The van der Waals surface area contributed by atoms with Crippen molar-refractivity contribution in [1.29, 1.82) is 0 Å². The molecule has 3 aromatic carbocycles. The molecule has 0 amide bonds. The Bertz CT molecular complexity index is 1410. The summed E-state index contributed by atoms with van der Waals surface area (Å²) in [5.74, 6) is 0. The Hall–Kier alpha value is -2.41. The van der Waals surface area contributed by atoms with Crippen LogP contribution >= 0.6 is 11.3 Å². The maximum atomic E-state index is 3.53. The topological polar surface area (TPSA) is 0 Å². The van der Waals surface area contributed by atoms with Gasteiger partial charge in [0.05, 0.1) is 0 Å². The van der Waals surface area contributed by atoms with Crippen molar-refractivity contribution < 1.29 is 24.2 Å². The van der Waals surface area contributed by atoms with Crippen LogP contribution in [0, 0.1) is 12.1 Å². The van der Waals surface area contributed by atoms with Crippen molar-refractivity contribution in [3.05, 3.63) is 135 Å². The zero-order valence-electron chi connectivity index (χ0n) is 24.8. The van der Waals surface area contributed by atoms with Crippen molar-refractivity contribution >= 4 is 20.6 Å². The van der Waals surface area contributed by atoms with Crippen molar-refractivity contribution in [2.75, 3.05) is 0 Å². The van der Waals surface area contributed by atoms with Gasteiger partial charge in [-0.2, -0.15) is 58.4 Å². The SMILES string of the molecule is CC(C)(C)c1c[c-]c2c(c1)-c1cc(C(C)(C)C)ccc1C2.[C-]1=C(c2ccsc2)C=CC1.[Zr+2]=[CH]Cc1ccccc1. The Labute approximate surface area is 261 Å². The molecule has 2 heteroatoms. The van der Waals surface area contributed by atoms with Crippen molar-refractivity contribution in [2.24, 2.45) is 0 Å². The standard InChI is InChI=1S/C21H25.C9H7S.C8H8.Zr/c1-20(2,3)16-9-7-14-11-15-8-10-17(21(4,5)6)13-19(15)18(14)12-16;1-2-4-8(3-1)9-5-6-10-7-9;1-2-8-6-4-3-5-7-8;/h7,9-10,12-13H,11H2,1-6H3;1,3,5-7H,2H2;1,3-7H,2H2;/q2*-1;;+2. The van der Waals surface area contributed by atoms with Gasteiger partial charge in [-0.15, -0.1) is 17.2 Å². The van der Waals surface area contributed by atoms with Gasteiger partial charge in [0.15, 0.2) is 0 Å². The van der Waals surface area contributed by atoms with E-state index in [0.29, 0.717) is 0 Å². The van der Waals surface area contributed by atoms with E-state index in [0.717, 1.165) is 19.3 Å². The molecule has 1 aromatic heterocycles. The van der Waals surface area contributed by atoms with Crippen molar-refractivity contribution in [3.8, 4) is 11.1 Å². The summed E-state index contributed by atoms with van der Waals surface area (Å²) < 4.78 is 2.25. The third kappa shape index (κ3) is 8.08. The van der Waals surface area contributed by atoms with Gasteiger partial charge >= 0.3 is 70.3 Å². The molecule has 0 N–H and O–H groups in total. The second kappa shape index (κ2) is 13.5. The van der Waals surface area contributed by atoms with Gasteiger partial charge < -0.3 is 0 Å². The van der Waals surface area contributed by atoms with Crippen LogP contribution in [-0.4, -0.2) is 3.71 Å². The summed E-state index contributed by atoms with van der Waals surface area (Å²) in [4.78, 5) is 0. The number of fused-ring (bicyclic) bond motifs is 3. The summed E-state index contributed by atoms with van der Waals surface area (Å²) in [6.07, 6.45) is 10.7. The number of benzene rings is 3. The second-order valence-corrected chi connectivity index (χ2v) is 14.2. The monoisotopic (exact) mass is 618 g/mol. The summed E-state index contributed by atoms with van der Waals surface area (Å²) in [5, 5.41) is 4.24. The Morgan fingerprint density at radius 1 is 0.875 bits per heavy atom. The normalized spacial score (nSPS) is 13.3. The molecule has 0 aliphatic heterocycles. The molecule has 0 spiro atoms. The van der Waals surface area contributed by atoms with Gasteiger partial charge in [0.25, 0.3) is 0 Å². The molecule has 0 unspecified atom stereocenters. The van der Waals surface area contributed by atoms with Crippen LogP contribution in [-0.2, 0) is 47.9 Å². The molecule has 0 nitrogen and oxygen atoms in total. The van der Waals surface area contributed by atoms with E-state index in [1.165, 1.54) is 74.3 Å².